The minimum Gasteiger partial charge on any atom is -0.361 e. The third kappa shape index (κ3) is 1.69. The lowest BCUT2D eigenvalue weighted by molar-refractivity contribution is 0.211. The summed E-state index contributed by atoms with van der Waals surface area (Å²) in [7, 11) is 0. The molecule has 0 aromatic carbocycles. The maximum Gasteiger partial charge on any atom is 0.139 e. The number of hydrogen-bond donors (Lipinski definition) is 1. The number of nitrogens with one attached hydrogen (secondary N) is 1. The smallest absolute Gasteiger partial charge is 0.139 e. The lowest BCUT2D eigenvalue weighted by atomic mass is 9.78. The van der Waals surface area contributed by atoms with Gasteiger partial charge in [-0.2, -0.15) is 0 Å². The summed E-state index contributed by atoms with van der Waals surface area (Å²) in [5, 5.41) is 7.35. The van der Waals surface area contributed by atoms with Crippen molar-refractivity contribution in [3.63, 3.8) is 0 Å². The van der Waals surface area contributed by atoms with Gasteiger partial charge in [-0.05, 0) is 44.1 Å². The van der Waals surface area contributed by atoms with E-state index in [4.69, 9.17) is 4.52 Å². The summed E-state index contributed by atoms with van der Waals surface area (Å²) < 4.78 is 5.28. The van der Waals surface area contributed by atoms with Gasteiger partial charge in [0.15, 0.2) is 0 Å². The summed E-state index contributed by atoms with van der Waals surface area (Å²) in [6.07, 6.45) is 8.41. The van der Waals surface area contributed by atoms with E-state index in [-0.39, 0.29) is 0 Å². The second-order valence-electron chi connectivity index (χ2n) is 5.13. The minimum atomic E-state index is 0.565. The van der Waals surface area contributed by atoms with Crippen LogP contribution >= 0.6 is 0 Å². The summed E-state index contributed by atoms with van der Waals surface area (Å²) in [4.78, 5) is 0. The van der Waals surface area contributed by atoms with Crippen molar-refractivity contribution in [1.29, 1.82) is 0 Å². The first-order chi connectivity index (χ1) is 7.38. The summed E-state index contributed by atoms with van der Waals surface area (Å²) in [6.45, 7) is 2.41. The zero-order valence-electron chi connectivity index (χ0n) is 9.04. The van der Waals surface area contributed by atoms with Gasteiger partial charge in [0, 0.05) is 18.5 Å². The van der Waals surface area contributed by atoms with Crippen LogP contribution in [0.3, 0.4) is 0 Å². The number of piperidine rings is 1. The third-order valence-electron chi connectivity index (χ3n) is 4.12. The summed E-state index contributed by atoms with van der Waals surface area (Å²) in [5.74, 6) is 1.71. The average molecular weight is 206 g/mol. The van der Waals surface area contributed by atoms with Crippen LogP contribution in [0.2, 0.25) is 0 Å². The highest BCUT2D eigenvalue weighted by Crippen LogP contribution is 2.49. The van der Waals surface area contributed by atoms with Crippen LogP contribution in [0.4, 0.5) is 0 Å². The molecule has 2 heterocycles. The zero-order chi connectivity index (χ0) is 10.1. The van der Waals surface area contributed by atoms with E-state index in [1.165, 1.54) is 45.2 Å². The van der Waals surface area contributed by atoms with E-state index in [0.717, 1.165) is 5.76 Å². The van der Waals surface area contributed by atoms with Crippen molar-refractivity contribution in [3.8, 4) is 0 Å². The normalized spacial score (nSPS) is 36.1. The Kier molecular flexibility index (Phi) is 2.28. The van der Waals surface area contributed by atoms with E-state index in [1.807, 2.05) is 6.07 Å². The maximum absolute atomic E-state index is 5.28. The van der Waals surface area contributed by atoms with Gasteiger partial charge in [0.2, 0.25) is 0 Å². The van der Waals surface area contributed by atoms with Gasteiger partial charge in [-0.25, -0.2) is 0 Å². The highest BCUT2D eigenvalue weighted by atomic mass is 16.5. The number of nitrogens with zero attached hydrogens (tertiary/aromatic N) is 1. The Morgan fingerprint density at radius 2 is 2.47 bits per heavy atom. The van der Waals surface area contributed by atoms with Crippen LogP contribution < -0.4 is 5.32 Å². The Balaban J connectivity index is 1.72. The van der Waals surface area contributed by atoms with Crippen LogP contribution in [-0.4, -0.2) is 18.2 Å². The van der Waals surface area contributed by atoms with Gasteiger partial charge >= 0.3 is 0 Å². The van der Waals surface area contributed by atoms with Gasteiger partial charge in [0.25, 0.3) is 0 Å². The highest BCUT2D eigenvalue weighted by molar-refractivity contribution is 5.08. The van der Waals surface area contributed by atoms with Gasteiger partial charge in [-0.3, -0.25) is 0 Å². The molecule has 3 nitrogen and oxygen atoms in total. The predicted octanol–water partition coefficient (Wildman–Crippen LogP) is 2.31. The van der Waals surface area contributed by atoms with Crippen LogP contribution in [0.25, 0.3) is 0 Å². The molecule has 1 saturated heterocycles. The molecule has 0 bridgehead atoms. The van der Waals surface area contributed by atoms with Crippen molar-refractivity contribution < 1.29 is 4.52 Å². The molecule has 3 heteroatoms. The Morgan fingerprint density at radius 3 is 3.20 bits per heavy atom. The molecule has 2 unspecified atom stereocenters. The van der Waals surface area contributed by atoms with Gasteiger partial charge in [-0.1, -0.05) is 5.16 Å². The van der Waals surface area contributed by atoms with Crippen LogP contribution in [0.5, 0.6) is 0 Å². The molecule has 2 aliphatic rings. The van der Waals surface area contributed by atoms with E-state index in [2.05, 4.69) is 10.5 Å². The van der Waals surface area contributed by atoms with Crippen molar-refractivity contribution in [2.75, 3.05) is 13.1 Å². The zero-order valence-corrected chi connectivity index (χ0v) is 9.04. The largest absolute Gasteiger partial charge is 0.361 e. The van der Waals surface area contributed by atoms with E-state index in [0.29, 0.717) is 11.3 Å². The predicted molar refractivity (Wildman–Crippen MR) is 57.6 cm³/mol. The van der Waals surface area contributed by atoms with E-state index < -0.39 is 0 Å². The molecule has 2 atom stereocenters. The lowest BCUT2D eigenvalue weighted by Crippen LogP contribution is -2.38. The Hall–Kier alpha value is -0.830. The quantitative estimate of drug-likeness (QED) is 0.766. The molecule has 2 fully saturated rings. The van der Waals surface area contributed by atoms with Gasteiger partial charge in [0.1, 0.15) is 5.76 Å². The van der Waals surface area contributed by atoms with E-state index in [1.54, 1.807) is 6.20 Å². The first kappa shape index (κ1) is 9.40. The van der Waals surface area contributed by atoms with Crippen molar-refractivity contribution in [1.82, 2.24) is 10.5 Å². The molecule has 1 N–H and O–H groups in total. The lowest BCUT2D eigenvalue weighted by Gasteiger charge is -2.34. The Morgan fingerprint density at radius 1 is 1.47 bits per heavy atom. The fourth-order valence-electron chi connectivity index (χ4n) is 3.30. The molecule has 1 aromatic rings. The van der Waals surface area contributed by atoms with Crippen LogP contribution in [-0.2, 0) is 0 Å². The molecule has 3 rings (SSSR count). The molecule has 82 valence electrons. The fourth-order valence-corrected chi connectivity index (χ4v) is 3.30. The molecular formula is C12H18N2O. The van der Waals surface area contributed by atoms with Crippen molar-refractivity contribution in [2.24, 2.45) is 5.41 Å². The van der Waals surface area contributed by atoms with Crippen molar-refractivity contribution in [2.45, 2.75) is 38.0 Å². The summed E-state index contributed by atoms with van der Waals surface area (Å²) in [6, 6.07) is 2.03. The van der Waals surface area contributed by atoms with Crippen molar-refractivity contribution in [3.05, 3.63) is 18.0 Å². The second-order valence-corrected chi connectivity index (χ2v) is 5.13. The fraction of sp³-hybridized carbons (Fsp3) is 0.750. The first-order valence-corrected chi connectivity index (χ1v) is 5.99. The van der Waals surface area contributed by atoms with Crippen LogP contribution in [0.15, 0.2) is 16.8 Å². The number of rotatable bonds is 1. The number of hydrogen-bond acceptors (Lipinski definition) is 3. The molecule has 1 spiro atoms. The second kappa shape index (κ2) is 3.63. The van der Waals surface area contributed by atoms with E-state index in [9.17, 15) is 0 Å². The topological polar surface area (TPSA) is 38.1 Å². The molecule has 1 saturated carbocycles. The number of aromatic nitrogens is 1. The molecule has 0 amide bonds. The van der Waals surface area contributed by atoms with Crippen LogP contribution in [0.1, 0.15) is 43.8 Å². The minimum absolute atomic E-state index is 0.565. The molecule has 0 radical (unpaired) electrons. The van der Waals surface area contributed by atoms with Gasteiger partial charge < -0.3 is 9.84 Å². The Bertz CT molecular complexity index is 314. The Labute approximate surface area is 90.2 Å². The molecule has 15 heavy (non-hydrogen) atoms. The van der Waals surface area contributed by atoms with Crippen molar-refractivity contribution >= 4 is 0 Å². The standard InChI is InChI=1S/C12H18N2O/c1-4-12(9-13-6-1)5-2-10(8-12)11-3-7-14-15-11/h3,7,10,13H,1-2,4-6,8-9H2. The average Bonchev–Trinajstić information content (AvgIpc) is 2.88. The molecular weight excluding hydrogens is 188 g/mol. The SMILES string of the molecule is c1cc(C2CCC3(CCCNC3)C2)on1. The molecule has 1 aliphatic carbocycles. The first-order valence-electron chi connectivity index (χ1n) is 5.99. The summed E-state index contributed by atoms with van der Waals surface area (Å²) in [5.41, 5.74) is 0.565. The summed E-state index contributed by atoms with van der Waals surface area (Å²) >= 11 is 0. The van der Waals surface area contributed by atoms with Gasteiger partial charge in [0.05, 0.1) is 6.20 Å². The van der Waals surface area contributed by atoms with E-state index >= 15 is 0 Å². The highest BCUT2D eigenvalue weighted by Gasteiger charge is 2.41. The molecule has 1 aliphatic heterocycles. The van der Waals surface area contributed by atoms with Crippen LogP contribution in [0, 0.1) is 5.41 Å². The monoisotopic (exact) mass is 206 g/mol. The maximum atomic E-state index is 5.28. The third-order valence-corrected chi connectivity index (χ3v) is 4.12. The molecule has 1 aromatic heterocycles. The van der Waals surface area contributed by atoms with Gasteiger partial charge in [-0.15, -0.1) is 0 Å².